The first kappa shape index (κ1) is 23.1. The number of nitrogens with zero attached hydrogens (tertiary/aromatic N) is 4. The molecule has 3 heterocycles. The van der Waals surface area contributed by atoms with E-state index in [1.807, 2.05) is 6.92 Å². The fourth-order valence-electron chi connectivity index (χ4n) is 3.57. The Morgan fingerprint density at radius 3 is 2.69 bits per heavy atom. The summed E-state index contributed by atoms with van der Waals surface area (Å²) in [4.78, 5) is 65.1. The molecule has 35 heavy (non-hydrogen) atoms. The minimum absolute atomic E-state index is 0.00618. The molecule has 3 N–H and O–H groups in total. The highest BCUT2D eigenvalue weighted by atomic mass is 16.6. The second-order valence-corrected chi connectivity index (χ2v) is 7.68. The number of nitrogens with one attached hydrogen (secondary N) is 2. The molecule has 13 nitrogen and oxygen atoms in total. The fourth-order valence-corrected chi connectivity index (χ4v) is 3.57. The number of aliphatic carboxylic acids is 1. The molecule has 0 bridgehead atoms. The topological polar surface area (TPSA) is 182 Å². The Hall–Kier alpha value is -5.07. The number of hydrogen-bond donors (Lipinski definition) is 3. The predicted molar refractivity (Wildman–Crippen MR) is 123 cm³/mol. The van der Waals surface area contributed by atoms with Crippen LogP contribution in [-0.4, -0.2) is 41.0 Å². The third kappa shape index (κ3) is 4.68. The molecule has 4 aromatic rings. The molecular formula is C22H18N6O7. The minimum Gasteiger partial charge on any atom is -0.480 e. The highest BCUT2D eigenvalue weighted by Gasteiger charge is 2.21. The van der Waals surface area contributed by atoms with Gasteiger partial charge in [0.15, 0.2) is 0 Å². The van der Waals surface area contributed by atoms with Crippen molar-refractivity contribution in [3.05, 3.63) is 96.6 Å². The first-order valence-electron chi connectivity index (χ1n) is 10.2. The summed E-state index contributed by atoms with van der Waals surface area (Å²) in [5.74, 6) is -1.75. The Kier molecular flexibility index (Phi) is 5.97. The van der Waals surface area contributed by atoms with Crippen LogP contribution in [0.5, 0.6) is 0 Å². The van der Waals surface area contributed by atoms with Crippen molar-refractivity contribution in [2.75, 3.05) is 0 Å². The van der Waals surface area contributed by atoms with Crippen LogP contribution in [0.4, 0.5) is 5.69 Å². The van der Waals surface area contributed by atoms with Gasteiger partial charge < -0.3 is 20.0 Å². The van der Waals surface area contributed by atoms with E-state index < -0.39 is 28.6 Å². The van der Waals surface area contributed by atoms with Gasteiger partial charge in [0.25, 0.3) is 11.6 Å². The number of nitro benzene ring substituents is 1. The van der Waals surface area contributed by atoms with Gasteiger partial charge in [-0.05, 0) is 42.3 Å². The highest BCUT2D eigenvalue weighted by molar-refractivity contribution is 5.92. The quantitative estimate of drug-likeness (QED) is 0.200. The largest absolute Gasteiger partial charge is 0.480 e. The number of H-pyrrole nitrogens is 1. The lowest BCUT2D eigenvalue weighted by Crippen LogP contribution is -2.37. The van der Waals surface area contributed by atoms with Crippen LogP contribution in [0.3, 0.4) is 0 Å². The van der Waals surface area contributed by atoms with Crippen molar-refractivity contribution in [1.29, 1.82) is 0 Å². The van der Waals surface area contributed by atoms with Gasteiger partial charge in [0, 0.05) is 31.2 Å². The molecule has 178 valence electrons. The number of fused-ring (bicyclic) bond motifs is 1. The van der Waals surface area contributed by atoms with Crippen LogP contribution < -0.4 is 16.4 Å². The van der Waals surface area contributed by atoms with Crippen LogP contribution in [0.15, 0.2) is 58.5 Å². The second-order valence-electron chi connectivity index (χ2n) is 7.68. The Balaban J connectivity index is 1.72. The maximum absolute atomic E-state index is 12.3. The smallest absolute Gasteiger partial charge is 0.323 e. The van der Waals surface area contributed by atoms with Gasteiger partial charge in [0.2, 0.25) is 0 Å². The van der Waals surface area contributed by atoms with Gasteiger partial charge >= 0.3 is 17.1 Å². The van der Waals surface area contributed by atoms with Crippen LogP contribution >= 0.6 is 0 Å². The monoisotopic (exact) mass is 478 g/mol. The summed E-state index contributed by atoms with van der Waals surface area (Å²) in [5, 5.41) is 23.6. The summed E-state index contributed by atoms with van der Waals surface area (Å²) >= 11 is 0. The number of nitro groups is 1. The van der Waals surface area contributed by atoms with E-state index in [-0.39, 0.29) is 40.6 Å². The average molecular weight is 478 g/mol. The lowest BCUT2D eigenvalue weighted by Gasteiger charge is -2.11. The van der Waals surface area contributed by atoms with Crippen molar-refractivity contribution in [2.24, 2.45) is 0 Å². The Morgan fingerprint density at radius 2 is 2.00 bits per heavy atom. The third-order valence-electron chi connectivity index (χ3n) is 5.19. The van der Waals surface area contributed by atoms with E-state index in [0.717, 1.165) is 16.2 Å². The number of aromatic nitrogens is 4. The van der Waals surface area contributed by atoms with E-state index in [2.05, 4.69) is 15.3 Å². The molecule has 0 fully saturated rings. The fraction of sp³-hybridized carbons (Fsp3) is 0.136. The van der Waals surface area contributed by atoms with Gasteiger partial charge in [-0.3, -0.25) is 38.8 Å². The van der Waals surface area contributed by atoms with Crippen LogP contribution in [0.2, 0.25) is 0 Å². The van der Waals surface area contributed by atoms with Gasteiger partial charge in [-0.2, -0.15) is 0 Å². The van der Waals surface area contributed by atoms with Gasteiger partial charge in [0.05, 0.1) is 16.0 Å². The Bertz CT molecular complexity index is 1610. The zero-order chi connectivity index (χ0) is 25.3. The molecule has 0 saturated heterocycles. The lowest BCUT2D eigenvalue weighted by atomic mass is 10.2. The molecule has 0 unspecified atom stereocenters. The summed E-state index contributed by atoms with van der Waals surface area (Å²) in [6.45, 7) is 1.15. The standard InChI is InChI=1S/C22H18N6O7/c1-12-2-4-23-15(6-12)20(31)24-9-13-3-5-26(10-13)17-8-16-14(7-18(17)28(34)35)25-21(32)22(33)27(16)11-19(29)30/h2-8,10H,9,11H2,1H3,(H,24,31)(H,25,32)(H,29,30). The number of carbonyl (C=O) groups excluding carboxylic acids is 1. The molecule has 13 heteroatoms. The van der Waals surface area contributed by atoms with Crippen molar-refractivity contribution in [3.63, 3.8) is 0 Å². The highest BCUT2D eigenvalue weighted by Crippen LogP contribution is 2.28. The van der Waals surface area contributed by atoms with Crippen LogP contribution in [-0.2, 0) is 17.9 Å². The number of hydrogen-bond acceptors (Lipinski definition) is 7. The predicted octanol–water partition coefficient (Wildman–Crippen LogP) is 1.11. The summed E-state index contributed by atoms with van der Waals surface area (Å²) in [7, 11) is 0. The summed E-state index contributed by atoms with van der Waals surface area (Å²) in [6.07, 6.45) is 4.59. The number of amides is 1. The van der Waals surface area contributed by atoms with E-state index in [0.29, 0.717) is 5.56 Å². The normalized spacial score (nSPS) is 10.9. The van der Waals surface area contributed by atoms with Crippen molar-refractivity contribution < 1.29 is 19.6 Å². The maximum atomic E-state index is 12.3. The SMILES string of the molecule is Cc1ccnc(C(=O)NCc2ccn(-c3cc4c(cc3[N+](=O)[O-])[nH]c(=O)c(=O)n4CC(=O)O)c2)c1. The van der Waals surface area contributed by atoms with Crippen LogP contribution in [0.1, 0.15) is 21.6 Å². The molecule has 0 aliphatic carbocycles. The molecule has 0 spiro atoms. The number of carboxylic acid groups (broad SMARTS) is 1. The number of aromatic amines is 1. The minimum atomic E-state index is -1.36. The summed E-state index contributed by atoms with van der Waals surface area (Å²) in [5.41, 5.74) is -0.853. The van der Waals surface area contributed by atoms with Crippen molar-refractivity contribution in [3.8, 4) is 5.69 Å². The first-order chi connectivity index (χ1) is 16.6. The van der Waals surface area contributed by atoms with E-state index in [4.69, 9.17) is 5.11 Å². The van der Waals surface area contributed by atoms with Crippen LogP contribution in [0.25, 0.3) is 16.7 Å². The maximum Gasteiger partial charge on any atom is 0.323 e. The molecule has 1 aromatic carbocycles. The van der Waals surface area contributed by atoms with E-state index >= 15 is 0 Å². The number of aryl methyl sites for hydroxylation is 1. The van der Waals surface area contributed by atoms with Gasteiger partial charge in [-0.15, -0.1) is 0 Å². The Morgan fingerprint density at radius 1 is 1.23 bits per heavy atom. The zero-order valence-electron chi connectivity index (χ0n) is 18.2. The molecule has 0 saturated carbocycles. The van der Waals surface area contributed by atoms with Gasteiger partial charge in [-0.1, -0.05) is 0 Å². The van der Waals surface area contributed by atoms with Crippen LogP contribution in [0, 0.1) is 17.0 Å². The number of carbonyl (C=O) groups is 2. The molecule has 3 aromatic heterocycles. The Labute approximate surface area is 195 Å². The molecular weight excluding hydrogens is 460 g/mol. The number of benzene rings is 1. The number of pyridine rings is 1. The molecule has 4 rings (SSSR count). The second kappa shape index (κ2) is 9.05. The molecule has 0 aliphatic rings. The molecule has 0 aliphatic heterocycles. The lowest BCUT2D eigenvalue weighted by molar-refractivity contribution is -0.384. The van der Waals surface area contributed by atoms with E-state index in [9.17, 15) is 29.3 Å². The molecule has 1 amide bonds. The van der Waals surface area contributed by atoms with Gasteiger partial charge in [0.1, 0.15) is 17.9 Å². The number of rotatable bonds is 7. The summed E-state index contributed by atoms with van der Waals surface area (Å²) in [6, 6.07) is 7.36. The van der Waals surface area contributed by atoms with Crippen molar-refractivity contribution >= 4 is 28.6 Å². The first-order valence-corrected chi connectivity index (χ1v) is 10.2. The van der Waals surface area contributed by atoms with E-state index in [1.165, 1.54) is 23.0 Å². The molecule has 0 radical (unpaired) electrons. The third-order valence-corrected chi connectivity index (χ3v) is 5.19. The van der Waals surface area contributed by atoms with Crippen molar-refractivity contribution in [2.45, 2.75) is 20.0 Å². The molecule has 0 atom stereocenters. The van der Waals surface area contributed by atoms with Crippen molar-refractivity contribution in [1.82, 2.24) is 24.4 Å². The van der Waals surface area contributed by atoms with Gasteiger partial charge in [-0.25, -0.2) is 0 Å². The number of carboxylic acids is 1. The summed E-state index contributed by atoms with van der Waals surface area (Å²) < 4.78 is 2.15. The van der Waals surface area contributed by atoms with E-state index in [1.54, 1.807) is 24.4 Å². The average Bonchev–Trinajstić information content (AvgIpc) is 3.28. The zero-order valence-corrected chi connectivity index (χ0v) is 18.2.